The van der Waals surface area contributed by atoms with Gasteiger partial charge in [0.05, 0.1) is 17.7 Å². The molecular formula is C48H53ClN8O5. The molecule has 7 heterocycles. The van der Waals surface area contributed by atoms with Crippen LogP contribution in [0.1, 0.15) is 95.3 Å². The molecule has 62 heavy (non-hydrogen) atoms. The largest absolute Gasteiger partial charge is 0.371 e. The highest BCUT2D eigenvalue weighted by atomic mass is 35.5. The Morgan fingerprint density at radius 3 is 2.06 bits per heavy atom. The van der Waals surface area contributed by atoms with Gasteiger partial charge in [-0.2, -0.15) is 0 Å². The van der Waals surface area contributed by atoms with Crippen LogP contribution in [-0.4, -0.2) is 121 Å². The van der Waals surface area contributed by atoms with Crippen LogP contribution in [0.15, 0.2) is 60.7 Å². The standard InChI is InChI=1S/C48H53ClN8O5/c1-50-40-9-7-36(29-39(40)49)55-26-16-47(31-55)14-24-54(25-15-47)44(60)33-2-4-34(5-3-33)56-27-19-48(56)17-22-52(23-18-48)30-32-12-20-53(21-13-32)35-6-8-37-38(28-35)46(62)57(45(37)61)41-10-11-42(58)51-43(41)59/h2-9,28-29,32,41H,10-27,30-31H2,(H,51,58,59). The molecule has 322 valence electrons. The van der Waals surface area contributed by atoms with E-state index in [1.807, 2.05) is 41.3 Å². The zero-order valence-corrected chi connectivity index (χ0v) is 35.9. The molecule has 10 rings (SSSR count). The number of hydrogen-bond donors (Lipinski definition) is 1. The first-order valence-corrected chi connectivity index (χ1v) is 22.8. The zero-order chi connectivity index (χ0) is 42.8. The zero-order valence-electron chi connectivity index (χ0n) is 35.1. The lowest BCUT2D eigenvalue weighted by Crippen LogP contribution is -2.64. The summed E-state index contributed by atoms with van der Waals surface area (Å²) in [6.07, 6.45) is 8.91. The van der Waals surface area contributed by atoms with Crippen molar-refractivity contribution in [3.05, 3.63) is 93.8 Å². The summed E-state index contributed by atoms with van der Waals surface area (Å²) in [5.74, 6) is -1.21. The Morgan fingerprint density at radius 1 is 0.726 bits per heavy atom. The topological polar surface area (TPSA) is 121 Å². The molecule has 2 spiro atoms. The van der Waals surface area contributed by atoms with Crippen LogP contribution in [0.4, 0.5) is 22.7 Å². The number of nitrogens with one attached hydrogen (secondary N) is 1. The Balaban J connectivity index is 0.677. The number of amides is 5. The Labute approximate surface area is 367 Å². The molecule has 3 aromatic rings. The molecule has 6 saturated heterocycles. The van der Waals surface area contributed by atoms with Crippen LogP contribution in [0.2, 0.25) is 5.02 Å². The van der Waals surface area contributed by atoms with Crippen LogP contribution < -0.4 is 20.0 Å². The van der Waals surface area contributed by atoms with Crippen molar-refractivity contribution in [3.63, 3.8) is 0 Å². The first-order valence-electron chi connectivity index (χ1n) is 22.4. The van der Waals surface area contributed by atoms with E-state index in [1.165, 1.54) is 12.1 Å². The fourth-order valence-electron chi connectivity index (χ4n) is 11.5. The fraction of sp³-hybridized carbons (Fsp3) is 0.500. The Bertz CT molecular complexity index is 2360. The van der Waals surface area contributed by atoms with Crippen LogP contribution in [0.25, 0.3) is 4.85 Å². The van der Waals surface area contributed by atoms with Crippen LogP contribution in [-0.2, 0) is 9.59 Å². The summed E-state index contributed by atoms with van der Waals surface area (Å²) >= 11 is 6.35. The molecule has 13 nitrogen and oxygen atoms in total. The second-order valence-corrected chi connectivity index (χ2v) is 19.2. The molecule has 3 aromatic carbocycles. The Morgan fingerprint density at radius 2 is 1.39 bits per heavy atom. The number of nitrogens with zero attached hydrogens (tertiary/aromatic N) is 7. The van der Waals surface area contributed by atoms with E-state index in [4.69, 9.17) is 18.2 Å². The third-order valence-electron chi connectivity index (χ3n) is 15.5. The summed E-state index contributed by atoms with van der Waals surface area (Å²) in [4.78, 5) is 80.8. The fourth-order valence-corrected chi connectivity index (χ4v) is 11.7. The van der Waals surface area contributed by atoms with Gasteiger partial charge in [0.1, 0.15) is 6.04 Å². The molecular weight excluding hydrogens is 804 g/mol. The van der Waals surface area contributed by atoms with Gasteiger partial charge in [-0.1, -0.05) is 17.7 Å². The van der Waals surface area contributed by atoms with Crippen molar-refractivity contribution in [2.45, 2.75) is 75.8 Å². The molecule has 7 aliphatic rings. The molecule has 0 aliphatic carbocycles. The van der Waals surface area contributed by atoms with Crippen molar-refractivity contribution >= 4 is 63.9 Å². The summed E-state index contributed by atoms with van der Waals surface area (Å²) in [5.41, 5.74) is 5.48. The number of rotatable bonds is 7. The number of hydrogen-bond acceptors (Lipinski definition) is 9. The lowest BCUT2D eigenvalue weighted by atomic mass is 9.75. The van der Waals surface area contributed by atoms with Crippen LogP contribution in [0.5, 0.6) is 0 Å². The lowest BCUT2D eigenvalue weighted by Gasteiger charge is -2.58. The molecule has 14 heteroatoms. The molecule has 0 aromatic heterocycles. The van der Waals surface area contributed by atoms with Gasteiger partial charge in [-0.05, 0) is 124 Å². The van der Waals surface area contributed by atoms with Crippen molar-refractivity contribution in [1.82, 2.24) is 20.0 Å². The van der Waals surface area contributed by atoms with Crippen LogP contribution in [0, 0.1) is 17.9 Å². The predicted octanol–water partition coefficient (Wildman–Crippen LogP) is 6.39. The summed E-state index contributed by atoms with van der Waals surface area (Å²) in [7, 11) is 0. The first-order chi connectivity index (χ1) is 30.0. The third kappa shape index (κ3) is 7.28. The van der Waals surface area contributed by atoms with E-state index in [-0.39, 0.29) is 35.6 Å². The number of fused-ring (bicyclic) bond motifs is 1. The highest BCUT2D eigenvalue weighted by Gasteiger charge is 2.48. The van der Waals surface area contributed by atoms with E-state index >= 15 is 0 Å². The maximum absolute atomic E-state index is 13.7. The number of carbonyl (C=O) groups excluding carboxylic acids is 5. The summed E-state index contributed by atoms with van der Waals surface area (Å²) < 4.78 is 0. The van der Waals surface area contributed by atoms with Crippen LogP contribution >= 0.6 is 11.6 Å². The van der Waals surface area contributed by atoms with E-state index in [1.54, 1.807) is 12.1 Å². The van der Waals surface area contributed by atoms with Crippen molar-refractivity contribution in [2.24, 2.45) is 11.3 Å². The number of likely N-dealkylation sites (tertiary alicyclic amines) is 2. The van der Waals surface area contributed by atoms with Gasteiger partial charge >= 0.3 is 0 Å². The molecule has 1 unspecified atom stereocenters. The molecule has 1 atom stereocenters. The van der Waals surface area contributed by atoms with Crippen molar-refractivity contribution in [1.29, 1.82) is 0 Å². The van der Waals surface area contributed by atoms with Crippen molar-refractivity contribution in [2.75, 3.05) is 80.1 Å². The average molecular weight is 857 g/mol. The molecule has 0 bridgehead atoms. The maximum Gasteiger partial charge on any atom is 0.262 e. The molecule has 0 radical (unpaired) electrons. The highest BCUT2D eigenvalue weighted by Crippen LogP contribution is 2.45. The molecule has 5 amide bonds. The number of piperidine rings is 4. The van der Waals surface area contributed by atoms with Gasteiger partial charge in [0, 0.05) is 105 Å². The van der Waals surface area contributed by atoms with Gasteiger partial charge < -0.3 is 24.5 Å². The van der Waals surface area contributed by atoms with Crippen LogP contribution in [0.3, 0.4) is 0 Å². The normalized spacial score (nSPS) is 23.8. The summed E-state index contributed by atoms with van der Waals surface area (Å²) in [6, 6.07) is 18.5. The second-order valence-electron chi connectivity index (χ2n) is 18.8. The highest BCUT2D eigenvalue weighted by molar-refractivity contribution is 6.33. The predicted molar refractivity (Wildman–Crippen MR) is 237 cm³/mol. The minimum atomic E-state index is -0.963. The number of carbonyl (C=O) groups is 5. The molecule has 6 fully saturated rings. The Hall–Kier alpha value is -5.45. The van der Waals surface area contributed by atoms with Gasteiger partial charge in [-0.25, -0.2) is 4.85 Å². The monoisotopic (exact) mass is 856 g/mol. The van der Waals surface area contributed by atoms with E-state index in [0.29, 0.717) is 27.8 Å². The van der Waals surface area contributed by atoms with Gasteiger partial charge in [0.2, 0.25) is 17.5 Å². The van der Waals surface area contributed by atoms with Crippen molar-refractivity contribution < 1.29 is 24.0 Å². The first kappa shape index (κ1) is 40.6. The van der Waals surface area contributed by atoms with E-state index in [2.05, 4.69) is 41.9 Å². The summed E-state index contributed by atoms with van der Waals surface area (Å²) in [6.45, 7) is 16.8. The Kier molecular flexibility index (Phi) is 10.5. The number of imide groups is 2. The SMILES string of the molecule is [C-]#[N+]c1ccc(N2CCC3(CCN(C(=O)c4ccc(N5CCC56CCN(CC5CCN(c7ccc8c(c7)C(=O)N(C7CCC(=O)NC7=O)C8=O)CC5)CC6)cc4)CC3)C2)cc1Cl. The van der Waals surface area contributed by atoms with Gasteiger partial charge in [0.25, 0.3) is 17.7 Å². The molecule has 0 saturated carbocycles. The molecule has 1 N–H and O–H groups in total. The second kappa shape index (κ2) is 16.0. The van der Waals surface area contributed by atoms with Crippen molar-refractivity contribution in [3.8, 4) is 0 Å². The minimum absolute atomic E-state index is 0.101. The average Bonchev–Trinajstić information content (AvgIpc) is 3.80. The number of anilines is 3. The smallest absolute Gasteiger partial charge is 0.262 e. The van der Waals surface area contributed by atoms with E-state index in [9.17, 15) is 24.0 Å². The lowest BCUT2D eigenvalue weighted by molar-refractivity contribution is -0.136. The van der Waals surface area contributed by atoms with E-state index < -0.39 is 23.8 Å². The van der Waals surface area contributed by atoms with E-state index in [0.717, 1.165) is 132 Å². The summed E-state index contributed by atoms with van der Waals surface area (Å²) in [5, 5.41) is 2.76. The number of halogens is 1. The third-order valence-corrected chi connectivity index (χ3v) is 15.8. The van der Waals surface area contributed by atoms with Gasteiger partial charge in [-0.15, -0.1) is 0 Å². The molecule has 7 aliphatic heterocycles. The minimum Gasteiger partial charge on any atom is -0.371 e. The quantitative estimate of drug-likeness (QED) is 0.213. The number of benzene rings is 3. The van der Waals surface area contributed by atoms with Gasteiger partial charge in [0.15, 0.2) is 0 Å². The maximum atomic E-state index is 13.7. The van der Waals surface area contributed by atoms with Gasteiger partial charge in [-0.3, -0.25) is 34.2 Å².